The van der Waals surface area contributed by atoms with E-state index in [1.807, 2.05) is 6.07 Å². The number of hydrogen-bond acceptors (Lipinski definition) is 3. The number of carboxylic acid groups (broad SMARTS) is 1. The molecule has 0 saturated carbocycles. The molecule has 0 aromatic heterocycles. The van der Waals surface area contributed by atoms with E-state index in [1.165, 1.54) is 39.1 Å². The van der Waals surface area contributed by atoms with Gasteiger partial charge in [0.25, 0.3) is 0 Å². The van der Waals surface area contributed by atoms with Crippen molar-refractivity contribution < 1.29 is 66.0 Å². The van der Waals surface area contributed by atoms with Gasteiger partial charge in [-0.1, -0.05) is 66.7 Å². The average molecular weight is 390 g/mol. The first-order chi connectivity index (χ1) is 13.2. The Morgan fingerprint density at radius 1 is 0.750 bits per heavy atom. The summed E-state index contributed by atoms with van der Waals surface area (Å²) in [5, 5.41) is 18.1. The average Bonchev–Trinajstić information content (AvgIpc) is 2.71. The summed E-state index contributed by atoms with van der Waals surface area (Å²) >= 11 is 0. The zero-order chi connectivity index (χ0) is 18.4. The van der Waals surface area contributed by atoms with Crippen molar-refractivity contribution in [3.8, 4) is 5.75 Å². The van der Waals surface area contributed by atoms with Crippen LogP contribution in [0, 0.1) is 0 Å². The van der Waals surface area contributed by atoms with Gasteiger partial charge in [0.1, 0.15) is 12.4 Å². The molecule has 0 aliphatic rings. The summed E-state index contributed by atoms with van der Waals surface area (Å²) in [5.41, 5.74) is 1.08. The summed E-state index contributed by atoms with van der Waals surface area (Å²) < 4.78 is 6.09. The van der Waals surface area contributed by atoms with E-state index in [9.17, 15) is 9.90 Å². The minimum atomic E-state index is -1.17. The van der Waals surface area contributed by atoms with Crippen molar-refractivity contribution >= 4 is 38.3 Å². The first-order valence-corrected chi connectivity index (χ1v) is 8.80. The number of carbonyl (C=O) groups is 1. The Kier molecular flexibility index (Phi) is 5.41. The van der Waals surface area contributed by atoms with Gasteiger partial charge < -0.3 is 14.6 Å². The predicted molar refractivity (Wildman–Crippen MR) is 105 cm³/mol. The SMILES string of the molecule is O=C([O-])c1ccc(COc2ccc3ccc4cccc5ccc2c3c45)cc1.[K+]. The minimum absolute atomic E-state index is 0. The molecule has 0 N–H and O–H groups in total. The number of aromatic carboxylic acids is 1. The van der Waals surface area contributed by atoms with Gasteiger partial charge in [0.2, 0.25) is 0 Å². The van der Waals surface area contributed by atoms with Crippen LogP contribution in [0.2, 0.25) is 0 Å². The number of rotatable bonds is 4. The van der Waals surface area contributed by atoms with Crippen LogP contribution in [0.4, 0.5) is 0 Å². The smallest absolute Gasteiger partial charge is 0.545 e. The molecule has 28 heavy (non-hydrogen) atoms. The van der Waals surface area contributed by atoms with Gasteiger partial charge >= 0.3 is 51.4 Å². The topological polar surface area (TPSA) is 49.4 Å². The van der Waals surface area contributed by atoms with E-state index in [-0.39, 0.29) is 56.9 Å². The summed E-state index contributed by atoms with van der Waals surface area (Å²) in [6, 6.07) is 25.6. The van der Waals surface area contributed by atoms with Crippen molar-refractivity contribution in [1.82, 2.24) is 0 Å². The van der Waals surface area contributed by atoms with Crippen LogP contribution in [0.1, 0.15) is 15.9 Å². The molecule has 0 radical (unpaired) electrons. The van der Waals surface area contributed by atoms with Crippen LogP contribution in [0.5, 0.6) is 5.75 Å². The molecule has 0 heterocycles. The zero-order valence-electron chi connectivity index (χ0n) is 15.4. The van der Waals surface area contributed by atoms with E-state index in [0.29, 0.717) is 6.61 Å². The Bertz CT molecular complexity index is 1280. The van der Waals surface area contributed by atoms with Crippen LogP contribution in [-0.4, -0.2) is 5.97 Å². The summed E-state index contributed by atoms with van der Waals surface area (Å²) in [6.45, 7) is 0.372. The Morgan fingerprint density at radius 3 is 2.04 bits per heavy atom. The summed E-state index contributed by atoms with van der Waals surface area (Å²) in [5.74, 6) is -0.348. The fourth-order valence-electron chi connectivity index (χ4n) is 3.73. The molecule has 0 fully saturated rings. The number of carboxylic acids is 1. The molecule has 0 aliphatic heterocycles. The molecule has 3 nitrogen and oxygen atoms in total. The quantitative estimate of drug-likeness (QED) is 0.345. The van der Waals surface area contributed by atoms with Crippen LogP contribution < -0.4 is 61.2 Å². The molecule has 130 valence electrons. The van der Waals surface area contributed by atoms with Crippen LogP contribution >= 0.6 is 0 Å². The Labute approximate surface area is 204 Å². The largest absolute Gasteiger partial charge is 1.00 e. The molecule has 0 amide bonds. The molecular weight excluding hydrogens is 375 g/mol. The second-order valence-electron chi connectivity index (χ2n) is 6.69. The maximum atomic E-state index is 10.9. The van der Waals surface area contributed by atoms with E-state index >= 15 is 0 Å². The van der Waals surface area contributed by atoms with Gasteiger partial charge in [-0.25, -0.2) is 0 Å². The Hall–Kier alpha value is -1.95. The molecule has 0 bridgehead atoms. The predicted octanol–water partition coefficient (Wildman–Crippen LogP) is 1.53. The summed E-state index contributed by atoms with van der Waals surface area (Å²) in [7, 11) is 0. The first kappa shape index (κ1) is 19.4. The molecule has 0 aliphatic carbocycles. The fraction of sp³-hybridized carbons (Fsp3) is 0.0417. The fourth-order valence-corrected chi connectivity index (χ4v) is 3.73. The standard InChI is InChI=1S/C24H16O3.K/c25-24(26)19-6-4-15(5-7-19)14-27-21-13-11-18-9-8-16-2-1-3-17-10-12-20(21)23(18)22(16)17;/h1-13H,14H2,(H,25,26);/q;+1/p-1. The van der Waals surface area contributed by atoms with Crippen LogP contribution in [0.25, 0.3) is 32.3 Å². The van der Waals surface area contributed by atoms with E-state index < -0.39 is 5.97 Å². The summed E-state index contributed by atoms with van der Waals surface area (Å²) in [4.78, 5) is 10.9. The molecule has 5 aromatic rings. The minimum Gasteiger partial charge on any atom is -0.545 e. The van der Waals surface area contributed by atoms with E-state index in [1.54, 1.807) is 12.1 Å². The molecule has 0 atom stereocenters. The van der Waals surface area contributed by atoms with Gasteiger partial charge in [-0.3, -0.25) is 0 Å². The number of carbonyl (C=O) groups excluding carboxylic acids is 1. The Morgan fingerprint density at radius 2 is 1.36 bits per heavy atom. The molecule has 0 unspecified atom stereocenters. The molecule has 4 heteroatoms. The van der Waals surface area contributed by atoms with Crippen molar-refractivity contribution in [3.05, 3.63) is 90.0 Å². The van der Waals surface area contributed by atoms with Gasteiger partial charge in [-0.2, -0.15) is 0 Å². The van der Waals surface area contributed by atoms with Crippen molar-refractivity contribution in [1.29, 1.82) is 0 Å². The molecular formula is C24H15KO3. The van der Waals surface area contributed by atoms with Crippen LogP contribution in [-0.2, 0) is 6.61 Å². The van der Waals surface area contributed by atoms with Crippen molar-refractivity contribution in [3.63, 3.8) is 0 Å². The van der Waals surface area contributed by atoms with Crippen molar-refractivity contribution in [2.24, 2.45) is 0 Å². The third-order valence-corrected chi connectivity index (χ3v) is 5.07. The monoisotopic (exact) mass is 390 g/mol. The van der Waals surface area contributed by atoms with Gasteiger partial charge in [-0.05, 0) is 44.8 Å². The van der Waals surface area contributed by atoms with E-state index in [0.717, 1.165) is 16.7 Å². The van der Waals surface area contributed by atoms with Gasteiger partial charge in [0.05, 0.1) is 5.97 Å². The number of hydrogen-bond donors (Lipinski definition) is 0. The zero-order valence-corrected chi connectivity index (χ0v) is 18.6. The maximum Gasteiger partial charge on any atom is 1.00 e. The van der Waals surface area contributed by atoms with Crippen molar-refractivity contribution in [2.75, 3.05) is 0 Å². The summed E-state index contributed by atoms with van der Waals surface area (Å²) in [6.07, 6.45) is 0. The molecule has 0 saturated heterocycles. The van der Waals surface area contributed by atoms with E-state index in [4.69, 9.17) is 4.74 Å². The van der Waals surface area contributed by atoms with Crippen LogP contribution in [0.15, 0.2) is 78.9 Å². The Balaban J connectivity index is 0.00000192. The third kappa shape index (κ3) is 3.32. The third-order valence-electron chi connectivity index (χ3n) is 5.07. The second kappa shape index (κ2) is 7.82. The van der Waals surface area contributed by atoms with Gasteiger partial charge in [-0.15, -0.1) is 0 Å². The van der Waals surface area contributed by atoms with Gasteiger partial charge in [0, 0.05) is 10.8 Å². The molecule has 0 spiro atoms. The first-order valence-electron chi connectivity index (χ1n) is 8.80. The second-order valence-corrected chi connectivity index (χ2v) is 6.69. The van der Waals surface area contributed by atoms with Crippen molar-refractivity contribution in [2.45, 2.75) is 6.61 Å². The van der Waals surface area contributed by atoms with E-state index in [2.05, 4.69) is 48.5 Å². The maximum absolute atomic E-state index is 10.9. The van der Waals surface area contributed by atoms with Gasteiger partial charge in [0.15, 0.2) is 0 Å². The molecule has 5 aromatic carbocycles. The molecule has 5 rings (SSSR count). The number of benzene rings is 5. The normalized spacial score (nSPS) is 11.0. The number of ether oxygens (including phenoxy) is 1. The van der Waals surface area contributed by atoms with Crippen LogP contribution in [0.3, 0.4) is 0 Å².